The summed E-state index contributed by atoms with van der Waals surface area (Å²) in [6.07, 6.45) is 3.01. The first-order valence-corrected chi connectivity index (χ1v) is 10.9. The predicted octanol–water partition coefficient (Wildman–Crippen LogP) is 3.95. The van der Waals surface area contributed by atoms with Gasteiger partial charge in [-0.25, -0.2) is 0 Å². The number of aromatic amines is 1. The fourth-order valence-corrected chi connectivity index (χ4v) is 4.26. The van der Waals surface area contributed by atoms with E-state index in [9.17, 15) is 9.59 Å². The Labute approximate surface area is 185 Å². The minimum Gasteiger partial charge on any atom is -0.385 e. The van der Waals surface area contributed by atoms with E-state index in [1.54, 1.807) is 25.3 Å². The summed E-state index contributed by atoms with van der Waals surface area (Å²) in [5.41, 5.74) is 2.68. The highest BCUT2D eigenvalue weighted by Crippen LogP contribution is 2.29. The van der Waals surface area contributed by atoms with E-state index in [1.165, 1.54) is 4.57 Å². The topological polar surface area (TPSA) is 79.4 Å². The maximum atomic E-state index is 13.0. The molecule has 0 bridgehead atoms. The third kappa shape index (κ3) is 4.55. The van der Waals surface area contributed by atoms with Crippen LogP contribution in [0.2, 0.25) is 0 Å². The van der Waals surface area contributed by atoms with Gasteiger partial charge in [0.1, 0.15) is 0 Å². The van der Waals surface area contributed by atoms with Crippen molar-refractivity contribution in [1.29, 1.82) is 0 Å². The van der Waals surface area contributed by atoms with Gasteiger partial charge >= 0.3 is 0 Å². The van der Waals surface area contributed by atoms with Gasteiger partial charge in [0, 0.05) is 38.9 Å². The first kappa shape index (κ1) is 21.3. The molecule has 1 amide bonds. The second-order valence-corrected chi connectivity index (χ2v) is 8.05. The van der Waals surface area contributed by atoms with Gasteiger partial charge in [0.2, 0.25) is 0 Å². The minimum absolute atomic E-state index is 0.166. The first-order chi connectivity index (χ1) is 15.1. The maximum absolute atomic E-state index is 13.0. The third-order valence-corrected chi connectivity index (χ3v) is 5.90. The van der Waals surface area contributed by atoms with E-state index in [0.717, 1.165) is 37.3 Å². The molecule has 1 aromatic heterocycles. The number of para-hydroxylation sites is 2. The highest BCUT2D eigenvalue weighted by molar-refractivity contribution is 7.71. The molecule has 0 aliphatic carbocycles. The zero-order valence-electron chi connectivity index (χ0n) is 17.5. The lowest BCUT2D eigenvalue weighted by atomic mass is 10.1. The van der Waals surface area contributed by atoms with Crippen LogP contribution in [0.3, 0.4) is 0 Å². The number of rotatable bonds is 7. The Morgan fingerprint density at radius 3 is 2.74 bits per heavy atom. The van der Waals surface area contributed by atoms with Gasteiger partial charge in [0.05, 0.1) is 22.3 Å². The number of carbonyl (C=O) groups excluding carboxylic acids is 1. The van der Waals surface area contributed by atoms with Crippen molar-refractivity contribution in [1.82, 2.24) is 9.55 Å². The van der Waals surface area contributed by atoms with Crippen LogP contribution in [0.25, 0.3) is 10.9 Å². The molecule has 7 nitrogen and oxygen atoms in total. The van der Waals surface area contributed by atoms with Gasteiger partial charge in [0.25, 0.3) is 11.5 Å². The van der Waals surface area contributed by atoms with Crippen molar-refractivity contribution in [3.8, 4) is 0 Å². The van der Waals surface area contributed by atoms with Gasteiger partial charge in [-0.1, -0.05) is 12.1 Å². The normalized spacial score (nSPS) is 13.6. The second kappa shape index (κ2) is 9.45. The van der Waals surface area contributed by atoms with Crippen molar-refractivity contribution in [2.75, 3.05) is 37.0 Å². The standard InChI is InChI=1S/C23H26N4O3S/c1-30-14-6-13-27-22(29)17-10-9-16(15-19(17)25-23(27)31)21(28)24-18-7-2-3-8-20(18)26-11-4-5-12-26/h2-3,7-10,15H,4-6,11-14H2,1H3,(H,24,28)(H,25,31). The summed E-state index contributed by atoms with van der Waals surface area (Å²) in [4.78, 5) is 31.2. The molecule has 8 heteroatoms. The highest BCUT2D eigenvalue weighted by atomic mass is 32.1. The zero-order chi connectivity index (χ0) is 21.8. The smallest absolute Gasteiger partial charge is 0.262 e. The van der Waals surface area contributed by atoms with Crippen LogP contribution in [-0.4, -0.2) is 42.3 Å². The Kier molecular flexibility index (Phi) is 6.48. The largest absolute Gasteiger partial charge is 0.385 e. The number of nitrogens with zero attached hydrogens (tertiary/aromatic N) is 2. The van der Waals surface area contributed by atoms with Crippen molar-refractivity contribution in [3.05, 3.63) is 63.2 Å². The number of nitrogens with one attached hydrogen (secondary N) is 2. The monoisotopic (exact) mass is 438 g/mol. The van der Waals surface area contributed by atoms with Crippen LogP contribution in [0, 0.1) is 4.77 Å². The van der Waals surface area contributed by atoms with Gasteiger partial charge in [-0.2, -0.15) is 0 Å². The SMILES string of the molecule is COCCCn1c(=S)[nH]c2cc(C(=O)Nc3ccccc3N3CCCC3)ccc2c1=O. The second-order valence-electron chi connectivity index (χ2n) is 7.66. The Balaban J connectivity index is 1.60. The van der Waals surface area contributed by atoms with E-state index in [1.807, 2.05) is 24.3 Å². The molecule has 162 valence electrons. The summed E-state index contributed by atoms with van der Waals surface area (Å²) in [6.45, 7) is 3.02. The molecule has 0 atom stereocenters. The number of hydrogen-bond donors (Lipinski definition) is 2. The van der Waals surface area contributed by atoms with Crippen molar-refractivity contribution in [2.45, 2.75) is 25.8 Å². The Morgan fingerprint density at radius 1 is 1.19 bits per heavy atom. The van der Waals surface area contributed by atoms with Crippen LogP contribution in [-0.2, 0) is 11.3 Å². The molecule has 1 fully saturated rings. The van der Waals surface area contributed by atoms with E-state index >= 15 is 0 Å². The number of benzene rings is 2. The average molecular weight is 439 g/mol. The summed E-state index contributed by atoms with van der Waals surface area (Å²) in [7, 11) is 1.63. The molecule has 1 aliphatic heterocycles. The third-order valence-electron chi connectivity index (χ3n) is 5.57. The predicted molar refractivity (Wildman–Crippen MR) is 126 cm³/mol. The number of anilines is 2. The van der Waals surface area contributed by atoms with Crippen LogP contribution in [0.4, 0.5) is 11.4 Å². The molecule has 1 saturated heterocycles. The van der Waals surface area contributed by atoms with Crippen molar-refractivity contribution in [2.24, 2.45) is 0 Å². The molecule has 1 aliphatic rings. The van der Waals surface area contributed by atoms with Crippen LogP contribution in [0.15, 0.2) is 47.3 Å². The molecule has 3 aromatic rings. The minimum atomic E-state index is -0.225. The van der Waals surface area contributed by atoms with Crippen LogP contribution >= 0.6 is 12.2 Å². The molecular formula is C23H26N4O3S. The lowest BCUT2D eigenvalue weighted by Crippen LogP contribution is -2.23. The summed E-state index contributed by atoms with van der Waals surface area (Å²) in [6, 6.07) is 12.9. The quantitative estimate of drug-likeness (QED) is 0.431. The summed E-state index contributed by atoms with van der Waals surface area (Å²) >= 11 is 5.37. The van der Waals surface area contributed by atoms with Gasteiger partial charge in [-0.15, -0.1) is 0 Å². The molecule has 31 heavy (non-hydrogen) atoms. The molecule has 2 heterocycles. The molecule has 0 radical (unpaired) electrons. The van der Waals surface area contributed by atoms with Crippen LogP contribution in [0.5, 0.6) is 0 Å². The van der Waals surface area contributed by atoms with Gasteiger partial charge in [0.15, 0.2) is 4.77 Å². The maximum Gasteiger partial charge on any atom is 0.262 e. The van der Waals surface area contributed by atoms with E-state index in [2.05, 4.69) is 15.2 Å². The van der Waals surface area contributed by atoms with E-state index in [4.69, 9.17) is 17.0 Å². The lowest BCUT2D eigenvalue weighted by Gasteiger charge is -2.21. The zero-order valence-corrected chi connectivity index (χ0v) is 18.3. The number of carbonyl (C=O) groups is 1. The Bertz CT molecular complexity index is 1210. The highest BCUT2D eigenvalue weighted by Gasteiger charge is 2.17. The van der Waals surface area contributed by atoms with E-state index in [0.29, 0.717) is 40.8 Å². The van der Waals surface area contributed by atoms with Crippen LogP contribution < -0.4 is 15.8 Å². The van der Waals surface area contributed by atoms with Gasteiger partial charge in [-0.3, -0.25) is 14.2 Å². The van der Waals surface area contributed by atoms with Crippen LogP contribution in [0.1, 0.15) is 29.6 Å². The number of H-pyrrole nitrogens is 1. The average Bonchev–Trinajstić information content (AvgIpc) is 3.31. The summed E-state index contributed by atoms with van der Waals surface area (Å²) in [5.74, 6) is -0.225. The molecule has 2 N–H and O–H groups in total. The fraction of sp³-hybridized carbons (Fsp3) is 0.348. The van der Waals surface area contributed by atoms with Crippen molar-refractivity contribution >= 4 is 40.4 Å². The number of fused-ring (bicyclic) bond motifs is 1. The van der Waals surface area contributed by atoms with E-state index in [-0.39, 0.29) is 11.5 Å². The fourth-order valence-electron chi connectivity index (χ4n) is 3.97. The van der Waals surface area contributed by atoms with Gasteiger partial charge < -0.3 is 19.9 Å². The van der Waals surface area contributed by atoms with Gasteiger partial charge in [-0.05, 0) is 61.8 Å². The van der Waals surface area contributed by atoms with E-state index < -0.39 is 0 Å². The number of aromatic nitrogens is 2. The number of amides is 1. The first-order valence-electron chi connectivity index (χ1n) is 10.5. The molecule has 0 unspecified atom stereocenters. The van der Waals surface area contributed by atoms with Crippen molar-refractivity contribution in [3.63, 3.8) is 0 Å². The summed E-state index contributed by atoms with van der Waals surface area (Å²) in [5, 5.41) is 3.53. The molecule has 2 aromatic carbocycles. The number of methoxy groups -OCH3 is 1. The molecule has 0 saturated carbocycles. The molecular weight excluding hydrogens is 412 g/mol. The Morgan fingerprint density at radius 2 is 1.97 bits per heavy atom. The molecule has 4 rings (SSSR count). The number of ether oxygens (including phenoxy) is 1. The molecule has 0 spiro atoms. The lowest BCUT2D eigenvalue weighted by molar-refractivity contribution is 0.102. The Hall–Kier alpha value is -2.97. The van der Waals surface area contributed by atoms with Crippen molar-refractivity contribution < 1.29 is 9.53 Å². The number of hydrogen-bond acceptors (Lipinski definition) is 5. The summed E-state index contributed by atoms with van der Waals surface area (Å²) < 4.78 is 6.92.